The summed E-state index contributed by atoms with van der Waals surface area (Å²) < 4.78 is 12.1. The van der Waals surface area contributed by atoms with Crippen molar-refractivity contribution in [2.75, 3.05) is 6.67 Å². The average Bonchev–Trinajstić information content (AvgIpc) is 2.50. The van der Waals surface area contributed by atoms with Gasteiger partial charge in [0.2, 0.25) is 0 Å². The highest BCUT2D eigenvalue weighted by Crippen LogP contribution is 2.22. The molecule has 0 fully saturated rings. The SMILES string of the molecule is CCc1ccc([C@H](N)CF)s1. The van der Waals surface area contributed by atoms with Gasteiger partial charge in [-0.15, -0.1) is 11.3 Å². The molecule has 0 saturated carbocycles. The molecule has 0 aliphatic carbocycles. The van der Waals surface area contributed by atoms with E-state index in [0.717, 1.165) is 11.3 Å². The molecule has 62 valence electrons. The second-order valence-electron chi connectivity index (χ2n) is 2.42. The van der Waals surface area contributed by atoms with Crippen LogP contribution in [0.2, 0.25) is 0 Å². The van der Waals surface area contributed by atoms with Gasteiger partial charge in [-0.3, -0.25) is 0 Å². The fourth-order valence-corrected chi connectivity index (χ4v) is 1.79. The van der Waals surface area contributed by atoms with E-state index in [0.29, 0.717) is 0 Å². The number of hydrogen-bond donors (Lipinski definition) is 1. The molecule has 1 atom stereocenters. The molecule has 1 aromatic heterocycles. The van der Waals surface area contributed by atoms with Gasteiger partial charge >= 0.3 is 0 Å². The van der Waals surface area contributed by atoms with Gasteiger partial charge in [0.1, 0.15) is 6.67 Å². The Morgan fingerprint density at radius 3 is 2.82 bits per heavy atom. The van der Waals surface area contributed by atoms with E-state index in [1.54, 1.807) is 11.3 Å². The van der Waals surface area contributed by atoms with Gasteiger partial charge in [0.15, 0.2) is 0 Å². The summed E-state index contributed by atoms with van der Waals surface area (Å²) in [5.74, 6) is 0. The van der Waals surface area contributed by atoms with E-state index in [4.69, 9.17) is 5.73 Å². The van der Waals surface area contributed by atoms with Crippen LogP contribution >= 0.6 is 11.3 Å². The molecule has 0 bridgehead atoms. The molecule has 0 spiro atoms. The van der Waals surface area contributed by atoms with Crippen LogP contribution in [0.15, 0.2) is 12.1 Å². The highest BCUT2D eigenvalue weighted by molar-refractivity contribution is 7.12. The monoisotopic (exact) mass is 173 g/mol. The Kier molecular flexibility index (Phi) is 3.02. The summed E-state index contributed by atoms with van der Waals surface area (Å²) in [5, 5.41) is 0. The van der Waals surface area contributed by atoms with Crippen LogP contribution in [0.3, 0.4) is 0 Å². The van der Waals surface area contributed by atoms with Crippen LogP contribution in [0.1, 0.15) is 22.7 Å². The first kappa shape index (κ1) is 8.68. The number of hydrogen-bond acceptors (Lipinski definition) is 2. The Hall–Kier alpha value is -0.410. The van der Waals surface area contributed by atoms with Crippen LogP contribution in [-0.2, 0) is 6.42 Å². The van der Waals surface area contributed by atoms with Gasteiger partial charge in [0.25, 0.3) is 0 Å². The van der Waals surface area contributed by atoms with Gasteiger partial charge in [0, 0.05) is 9.75 Å². The van der Waals surface area contributed by atoms with Gasteiger partial charge in [0.05, 0.1) is 6.04 Å². The minimum absolute atomic E-state index is 0.416. The molecular formula is C8H12FNS. The number of aryl methyl sites for hydroxylation is 1. The molecule has 0 aromatic carbocycles. The van der Waals surface area contributed by atoms with E-state index in [2.05, 4.69) is 6.92 Å². The topological polar surface area (TPSA) is 26.0 Å². The van der Waals surface area contributed by atoms with Gasteiger partial charge < -0.3 is 5.73 Å². The van der Waals surface area contributed by atoms with E-state index < -0.39 is 12.7 Å². The molecular weight excluding hydrogens is 161 g/mol. The minimum atomic E-state index is -0.469. The molecule has 0 radical (unpaired) electrons. The number of nitrogens with two attached hydrogens (primary N) is 1. The van der Waals surface area contributed by atoms with Crippen molar-refractivity contribution in [3.05, 3.63) is 21.9 Å². The molecule has 3 heteroatoms. The fourth-order valence-electron chi connectivity index (χ4n) is 0.860. The number of alkyl halides is 1. The third-order valence-corrected chi connectivity index (χ3v) is 2.92. The Bertz CT molecular complexity index is 222. The predicted molar refractivity (Wildman–Crippen MR) is 46.6 cm³/mol. The van der Waals surface area contributed by atoms with Crippen LogP contribution in [0.5, 0.6) is 0 Å². The fraction of sp³-hybridized carbons (Fsp3) is 0.500. The first-order chi connectivity index (χ1) is 5.27. The van der Waals surface area contributed by atoms with E-state index in [1.807, 2.05) is 12.1 Å². The van der Waals surface area contributed by atoms with Gasteiger partial charge in [-0.25, -0.2) is 4.39 Å². The van der Waals surface area contributed by atoms with Crippen LogP contribution in [0.4, 0.5) is 4.39 Å². The third kappa shape index (κ3) is 2.01. The largest absolute Gasteiger partial charge is 0.321 e. The molecule has 0 aliphatic heterocycles. The maximum absolute atomic E-state index is 12.1. The molecule has 0 unspecified atom stereocenters. The standard InChI is InChI=1S/C8H12FNS/c1-2-6-3-4-8(11-6)7(10)5-9/h3-4,7H,2,5,10H2,1H3/t7-/m1/s1. The van der Waals surface area contributed by atoms with Crippen LogP contribution in [-0.4, -0.2) is 6.67 Å². The Balaban J connectivity index is 2.71. The van der Waals surface area contributed by atoms with Crippen LogP contribution in [0.25, 0.3) is 0 Å². The van der Waals surface area contributed by atoms with Crippen molar-refractivity contribution < 1.29 is 4.39 Å². The first-order valence-corrected chi connectivity index (χ1v) is 4.49. The maximum atomic E-state index is 12.1. The summed E-state index contributed by atoms with van der Waals surface area (Å²) in [6, 6.07) is 3.50. The number of thiophene rings is 1. The molecule has 1 aromatic rings. The van der Waals surface area contributed by atoms with E-state index in [-0.39, 0.29) is 0 Å². The Morgan fingerprint density at radius 2 is 2.36 bits per heavy atom. The first-order valence-electron chi connectivity index (χ1n) is 3.68. The third-order valence-electron chi connectivity index (χ3n) is 1.56. The summed E-state index contributed by atoms with van der Waals surface area (Å²) in [4.78, 5) is 2.22. The van der Waals surface area contributed by atoms with E-state index in [9.17, 15) is 4.39 Å². The molecule has 0 aliphatic rings. The summed E-state index contributed by atoms with van der Waals surface area (Å²) in [6.07, 6.45) is 1.00. The lowest BCUT2D eigenvalue weighted by Gasteiger charge is -2.01. The summed E-state index contributed by atoms with van der Waals surface area (Å²) >= 11 is 1.60. The summed E-state index contributed by atoms with van der Waals surface area (Å²) in [7, 11) is 0. The van der Waals surface area contributed by atoms with Gasteiger partial charge in [-0.05, 0) is 18.6 Å². The van der Waals surface area contributed by atoms with Crippen molar-refractivity contribution in [2.24, 2.45) is 5.73 Å². The number of rotatable bonds is 3. The highest BCUT2D eigenvalue weighted by atomic mass is 32.1. The zero-order valence-corrected chi connectivity index (χ0v) is 7.33. The maximum Gasteiger partial charge on any atom is 0.109 e. The van der Waals surface area contributed by atoms with Crippen molar-refractivity contribution in [1.29, 1.82) is 0 Å². The van der Waals surface area contributed by atoms with Gasteiger partial charge in [-0.2, -0.15) is 0 Å². The summed E-state index contributed by atoms with van der Waals surface area (Å²) in [6.45, 7) is 1.61. The van der Waals surface area contributed by atoms with Crippen molar-refractivity contribution in [3.63, 3.8) is 0 Å². The summed E-state index contributed by atoms with van der Waals surface area (Å²) in [5.41, 5.74) is 5.50. The van der Waals surface area contributed by atoms with Crippen molar-refractivity contribution in [3.8, 4) is 0 Å². The average molecular weight is 173 g/mol. The van der Waals surface area contributed by atoms with Crippen molar-refractivity contribution >= 4 is 11.3 Å². The van der Waals surface area contributed by atoms with E-state index >= 15 is 0 Å². The molecule has 11 heavy (non-hydrogen) atoms. The Morgan fingerprint density at radius 1 is 1.64 bits per heavy atom. The smallest absolute Gasteiger partial charge is 0.109 e. The van der Waals surface area contributed by atoms with Crippen molar-refractivity contribution in [1.82, 2.24) is 0 Å². The normalized spacial score (nSPS) is 13.4. The van der Waals surface area contributed by atoms with E-state index in [1.165, 1.54) is 4.88 Å². The lowest BCUT2D eigenvalue weighted by atomic mass is 10.3. The molecule has 1 heterocycles. The second-order valence-corrected chi connectivity index (χ2v) is 3.62. The lowest BCUT2D eigenvalue weighted by Crippen LogP contribution is -2.09. The lowest BCUT2D eigenvalue weighted by molar-refractivity contribution is 0.440. The minimum Gasteiger partial charge on any atom is -0.321 e. The van der Waals surface area contributed by atoms with Crippen LogP contribution < -0.4 is 5.73 Å². The molecule has 0 amide bonds. The molecule has 1 nitrogen and oxygen atoms in total. The molecule has 1 rings (SSSR count). The second kappa shape index (κ2) is 3.83. The highest BCUT2D eigenvalue weighted by Gasteiger charge is 2.07. The number of halogens is 1. The Labute approximate surface area is 70.0 Å². The zero-order valence-electron chi connectivity index (χ0n) is 6.51. The van der Waals surface area contributed by atoms with Crippen LogP contribution in [0, 0.1) is 0 Å². The van der Waals surface area contributed by atoms with Gasteiger partial charge in [-0.1, -0.05) is 6.92 Å². The van der Waals surface area contributed by atoms with Crippen molar-refractivity contribution in [2.45, 2.75) is 19.4 Å². The molecule has 2 N–H and O–H groups in total. The molecule has 0 saturated heterocycles. The zero-order chi connectivity index (χ0) is 8.27. The predicted octanol–water partition coefficient (Wildman–Crippen LogP) is 2.28. The quantitative estimate of drug-likeness (QED) is 0.745.